The molecular weight excluding hydrogens is 405 g/mol. The minimum absolute atomic E-state index is 0. The van der Waals surface area contributed by atoms with Gasteiger partial charge in [-0.25, -0.2) is 0 Å². The third-order valence-electron chi connectivity index (χ3n) is 2.72. The number of aliphatic imine (C=N–C) groups is 1. The number of rotatable bonds is 5. The molecule has 0 bridgehead atoms. The van der Waals surface area contributed by atoms with Gasteiger partial charge in [-0.2, -0.15) is 0 Å². The number of nitrogens with zero attached hydrogens (tertiary/aromatic N) is 2. The molecule has 0 amide bonds. The van der Waals surface area contributed by atoms with E-state index in [4.69, 9.17) is 11.6 Å². The maximum absolute atomic E-state index is 11.0. The van der Waals surface area contributed by atoms with Crippen molar-refractivity contribution in [3.8, 4) is 0 Å². The van der Waals surface area contributed by atoms with Gasteiger partial charge in [0.05, 0.1) is 13.5 Å². The van der Waals surface area contributed by atoms with E-state index in [9.17, 15) is 4.79 Å². The summed E-state index contributed by atoms with van der Waals surface area (Å²) in [4.78, 5) is 17.2. The Morgan fingerprint density at radius 2 is 2.19 bits per heavy atom. The Labute approximate surface area is 147 Å². The summed E-state index contributed by atoms with van der Waals surface area (Å²) in [5.41, 5.74) is 1.09. The third-order valence-corrected chi connectivity index (χ3v) is 2.96. The smallest absolute Gasteiger partial charge is 0.307 e. The highest BCUT2D eigenvalue weighted by Crippen LogP contribution is 2.12. The lowest BCUT2D eigenvalue weighted by Crippen LogP contribution is -2.39. The van der Waals surface area contributed by atoms with E-state index in [0.29, 0.717) is 30.5 Å². The Morgan fingerprint density at radius 3 is 2.76 bits per heavy atom. The van der Waals surface area contributed by atoms with Gasteiger partial charge in [0.2, 0.25) is 0 Å². The van der Waals surface area contributed by atoms with Crippen molar-refractivity contribution in [2.45, 2.75) is 13.0 Å². The van der Waals surface area contributed by atoms with Crippen molar-refractivity contribution >= 4 is 47.5 Å². The number of esters is 1. The fourth-order valence-electron chi connectivity index (χ4n) is 1.75. The number of methoxy groups -OCH3 is 1. The first-order valence-corrected chi connectivity index (χ1v) is 6.67. The number of carbonyl (C=O) groups excluding carboxylic acids is 1. The molecule has 1 N–H and O–H groups in total. The van der Waals surface area contributed by atoms with E-state index in [2.05, 4.69) is 15.0 Å². The standard InChI is InChI=1S/C14H20ClN3O2.HI/c1-16-14(17-8-7-13(19)20-3)18(2)10-11-5-4-6-12(15)9-11;/h4-6,9H,7-8,10H2,1-3H3,(H,16,17);1H. The molecule has 5 nitrogen and oxygen atoms in total. The molecule has 0 unspecified atom stereocenters. The molecule has 7 heteroatoms. The van der Waals surface area contributed by atoms with E-state index in [-0.39, 0.29) is 29.9 Å². The Morgan fingerprint density at radius 1 is 1.48 bits per heavy atom. The molecule has 0 heterocycles. The van der Waals surface area contributed by atoms with Crippen LogP contribution < -0.4 is 5.32 Å². The van der Waals surface area contributed by atoms with Crippen molar-refractivity contribution < 1.29 is 9.53 Å². The molecule has 0 radical (unpaired) electrons. The van der Waals surface area contributed by atoms with Crippen LogP contribution in [0.2, 0.25) is 5.02 Å². The molecule has 21 heavy (non-hydrogen) atoms. The van der Waals surface area contributed by atoms with Crippen LogP contribution in [0.25, 0.3) is 0 Å². The molecule has 0 aliphatic heterocycles. The van der Waals surface area contributed by atoms with Gasteiger partial charge in [0, 0.05) is 32.2 Å². The van der Waals surface area contributed by atoms with Gasteiger partial charge in [-0.05, 0) is 17.7 Å². The number of nitrogens with one attached hydrogen (secondary N) is 1. The van der Waals surface area contributed by atoms with Crippen molar-refractivity contribution in [2.24, 2.45) is 4.99 Å². The molecule has 0 saturated heterocycles. The molecule has 0 aromatic heterocycles. The van der Waals surface area contributed by atoms with Gasteiger partial charge in [0.1, 0.15) is 0 Å². The maximum Gasteiger partial charge on any atom is 0.307 e. The third kappa shape index (κ3) is 7.52. The van der Waals surface area contributed by atoms with Crippen LogP contribution in [0.15, 0.2) is 29.3 Å². The van der Waals surface area contributed by atoms with Crippen LogP contribution in [0.1, 0.15) is 12.0 Å². The van der Waals surface area contributed by atoms with Crippen LogP contribution in [0.4, 0.5) is 0 Å². The summed E-state index contributed by atoms with van der Waals surface area (Å²) < 4.78 is 4.59. The summed E-state index contributed by atoms with van der Waals surface area (Å²) >= 11 is 5.96. The van der Waals surface area contributed by atoms with E-state index < -0.39 is 0 Å². The number of hydrogen-bond donors (Lipinski definition) is 1. The highest BCUT2D eigenvalue weighted by molar-refractivity contribution is 14.0. The first kappa shape index (κ1) is 20.0. The topological polar surface area (TPSA) is 53.9 Å². The summed E-state index contributed by atoms with van der Waals surface area (Å²) in [6.07, 6.45) is 0.306. The number of hydrogen-bond acceptors (Lipinski definition) is 3. The summed E-state index contributed by atoms with van der Waals surface area (Å²) in [7, 11) is 5.01. The van der Waals surface area contributed by atoms with Crippen LogP contribution in [-0.2, 0) is 16.1 Å². The second kappa shape index (κ2) is 10.7. The Balaban J connectivity index is 0.00000400. The van der Waals surface area contributed by atoms with Gasteiger partial charge < -0.3 is 15.0 Å². The second-order valence-corrected chi connectivity index (χ2v) is 4.72. The van der Waals surface area contributed by atoms with Crippen LogP contribution in [0.5, 0.6) is 0 Å². The second-order valence-electron chi connectivity index (χ2n) is 4.29. The van der Waals surface area contributed by atoms with E-state index in [1.807, 2.05) is 36.2 Å². The lowest BCUT2D eigenvalue weighted by molar-refractivity contribution is -0.140. The van der Waals surface area contributed by atoms with E-state index in [1.54, 1.807) is 7.05 Å². The predicted molar refractivity (Wildman–Crippen MR) is 96.3 cm³/mol. The summed E-state index contributed by atoms with van der Waals surface area (Å²) in [5, 5.41) is 3.82. The Kier molecular flexibility index (Phi) is 10.2. The first-order chi connectivity index (χ1) is 9.56. The van der Waals surface area contributed by atoms with Crippen molar-refractivity contribution in [1.82, 2.24) is 10.2 Å². The minimum Gasteiger partial charge on any atom is -0.469 e. The van der Waals surface area contributed by atoms with Crippen LogP contribution >= 0.6 is 35.6 Å². The Hall–Kier alpha value is -1.02. The number of carbonyl (C=O) groups is 1. The molecule has 118 valence electrons. The van der Waals surface area contributed by atoms with Crippen molar-refractivity contribution in [1.29, 1.82) is 0 Å². The zero-order chi connectivity index (χ0) is 15.0. The zero-order valence-electron chi connectivity index (χ0n) is 12.4. The summed E-state index contributed by atoms with van der Waals surface area (Å²) in [5.74, 6) is 0.472. The number of halogens is 2. The lowest BCUT2D eigenvalue weighted by Gasteiger charge is -2.22. The number of ether oxygens (including phenoxy) is 1. The van der Waals surface area contributed by atoms with E-state index in [0.717, 1.165) is 5.56 Å². The normalized spacial score (nSPS) is 10.6. The molecule has 0 aliphatic carbocycles. The summed E-state index contributed by atoms with van der Waals surface area (Å²) in [6, 6.07) is 7.68. The molecule has 0 saturated carbocycles. The van der Waals surface area contributed by atoms with Gasteiger partial charge in [0.25, 0.3) is 0 Å². The molecule has 0 fully saturated rings. The maximum atomic E-state index is 11.0. The first-order valence-electron chi connectivity index (χ1n) is 6.30. The van der Waals surface area contributed by atoms with E-state index >= 15 is 0 Å². The molecular formula is C14H21ClIN3O2. The molecule has 0 spiro atoms. The van der Waals surface area contributed by atoms with Gasteiger partial charge in [-0.1, -0.05) is 23.7 Å². The lowest BCUT2D eigenvalue weighted by atomic mass is 10.2. The minimum atomic E-state index is -0.245. The van der Waals surface area contributed by atoms with Crippen molar-refractivity contribution in [3.63, 3.8) is 0 Å². The monoisotopic (exact) mass is 425 g/mol. The quantitative estimate of drug-likeness (QED) is 0.341. The van der Waals surface area contributed by atoms with Crippen LogP contribution in [-0.4, -0.2) is 44.6 Å². The predicted octanol–water partition coefficient (Wildman–Crippen LogP) is 2.53. The van der Waals surface area contributed by atoms with Gasteiger partial charge in [0.15, 0.2) is 5.96 Å². The molecule has 0 aliphatic rings. The number of benzene rings is 1. The van der Waals surface area contributed by atoms with Gasteiger partial charge in [-0.3, -0.25) is 9.79 Å². The molecule has 1 aromatic carbocycles. The highest BCUT2D eigenvalue weighted by Gasteiger charge is 2.07. The van der Waals surface area contributed by atoms with Gasteiger partial charge >= 0.3 is 5.97 Å². The van der Waals surface area contributed by atoms with Crippen molar-refractivity contribution in [3.05, 3.63) is 34.9 Å². The SMILES string of the molecule is CN=C(NCCC(=O)OC)N(C)Cc1cccc(Cl)c1.I. The summed E-state index contributed by atoms with van der Waals surface area (Å²) in [6.45, 7) is 1.16. The number of guanidine groups is 1. The zero-order valence-corrected chi connectivity index (χ0v) is 15.5. The Bertz CT molecular complexity index is 483. The fourth-order valence-corrected chi connectivity index (χ4v) is 1.96. The average molecular weight is 426 g/mol. The van der Waals surface area contributed by atoms with E-state index in [1.165, 1.54) is 7.11 Å². The van der Waals surface area contributed by atoms with Gasteiger partial charge in [-0.15, -0.1) is 24.0 Å². The fraction of sp³-hybridized carbons (Fsp3) is 0.429. The van der Waals surface area contributed by atoms with Crippen molar-refractivity contribution in [2.75, 3.05) is 27.7 Å². The largest absolute Gasteiger partial charge is 0.469 e. The molecule has 0 atom stereocenters. The highest BCUT2D eigenvalue weighted by atomic mass is 127. The van der Waals surface area contributed by atoms with Crippen LogP contribution in [0.3, 0.4) is 0 Å². The molecule has 1 aromatic rings. The average Bonchev–Trinajstić information content (AvgIpc) is 2.43. The molecule has 1 rings (SSSR count). The van der Waals surface area contributed by atoms with Crippen LogP contribution in [0, 0.1) is 0 Å².